The minimum Gasteiger partial charge on any atom is -0.508 e. The number of phenols is 1. The summed E-state index contributed by atoms with van der Waals surface area (Å²) in [5.41, 5.74) is 13.6. The lowest BCUT2D eigenvalue weighted by Gasteiger charge is -2.38. The minimum absolute atomic E-state index is 0.0790. The number of ketones is 1. The molecule has 3 aromatic carbocycles. The molecular formula is C91H122N18O27S. The number of amides is 15. The number of nitrogens with two attached hydrogens (primary N) is 2. The van der Waals surface area contributed by atoms with E-state index in [9.17, 15) is 93.3 Å². The van der Waals surface area contributed by atoms with Gasteiger partial charge in [0.25, 0.3) is 0 Å². The molecule has 4 aliphatic rings. The molecule has 0 unspecified atom stereocenters. The van der Waals surface area contributed by atoms with Gasteiger partial charge >= 0.3 is 23.9 Å². The number of piperidine rings is 1. The molecule has 46 heteroatoms. The Balaban J connectivity index is 1.11. The van der Waals surface area contributed by atoms with Crippen LogP contribution in [0.4, 0.5) is 0 Å². The van der Waals surface area contributed by atoms with Crippen molar-refractivity contribution in [3.05, 3.63) is 102 Å². The first-order valence-electron chi connectivity index (χ1n) is 45.5. The van der Waals surface area contributed by atoms with E-state index < -0.39 is 304 Å². The number of carboxylic acids is 4. The number of hydrogen-bond acceptors (Lipinski definition) is 25. The molecule has 6 heterocycles. The zero-order valence-electron chi connectivity index (χ0n) is 76.5. The molecule has 744 valence electrons. The second-order valence-corrected chi connectivity index (χ2v) is 35.7. The molecule has 4 fully saturated rings. The summed E-state index contributed by atoms with van der Waals surface area (Å²) in [4.78, 5) is 295. The number of rotatable bonds is 27. The number of para-hydroxylation sites is 2. The van der Waals surface area contributed by atoms with E-state index in [-0.39, 0.29) is 88.6 Å². The number of aromatic amines is 1. The molecule has 9 rings (SSSR count). The molecule has 137 heavy (non-hydrogen) atoms. The van der Waals surface area contributed by atoms with Crippen LogP contribution in [0, 0.1) is 5.92 Å². The number of primary amides is 1. The van der Waals surface area contributed by atoms with Gasteiger partial charge in [-0.25, -0.2) is 0 Å². The number of carboxylic acid groups (broad SMARTS) is 4. The number of aromatic hydroxyl groups is 1. The Kier molecular flexibility index (Phi) is 39.7. The number of thioether (sulfide) groups is 1. The van der Waals surface area contributed by atoms with Crippen molar-refractivity contribution in [2.75, 3.05) is 64.9 Å². The van der Waals surface area contributed by atoms with Crippen LogP contribution < -0.4 is 59.3 Å². The third kappa shape index (κ3) is 29.4. The molecule has 21 N–H and O–H groups in total. The molecule has 4 aliphatic heterocycles. The average molecular weight is 1930 g/mol. The number of carbonyl (C=O) groups excluding carboxylic acids is 16. The zero-order chi connectivity index (χ0) is 100. The van der Waals surface area contributed by atoms with Crippen LogP contribution in [0.15, 0.2) is 85.2 Å². The summed E-state index contributed by atoms with van der Waals surface area (Å²) in [5.74, 6) is -25.4. The molecule has 0 aliphatic carbocycles. The van der Waals surface area contributed by atoms with E-state index in [1.54, 1.807) is 68.6 Å². The second kappa shape index (κ2) is 50.8. The number of aliphatic hydroxyl groups excluding tert-OH is 2. The van der Waals surface area contributed by atoms with E-state index in [2.05, 4.69) is 52.8 Å². The molecule has 5 aromatic rings. The fourth-order valence-corrected chi connectivity index (χ4v) is 18.4. The molecule has 0 saturated carbocycles. The number of Topliss-reactive ketones (excluding diaryl/α,β-unsaturated/α-hetero) is 1. The highest BCUT2D eigenvalue weighted by molar-refractivity contribution is 8.00. The Labute approximate surface area is 791 Å². The van der Waals surface area contributed by atoms with Crippen molar-refractivity contribution in [3.63, 3.8) is 0 Å². The average Bonchev–Trinajstić information content (AvgIpc) is 1.67. The molecule has 2 aromatic heterocycles. The van der Waals surface area contributed by atoms with Gasteiger partial charge in [-0.1, -0.05) is 88.1 Å². The van der Waals surface area contributed by atoms with Crippen molar-refractivity contribution < 1.29 is 132 Å². The number of aromatic nitrogens is 2. The summed E-state index contributed by atoms with van der Waals surface area (Å²) in [6, 6.07) is -3.40. The van der Waals surface area contributed by atoms with Crippen molar-refractivity contribution in [2.24, 2.45) is 17.4 Å². The van der Waals surface area contributed by atoms with Gasteiger partial charge in [0, 0.05) is 125 Å². The van der Waals surface area contributed by atoms with Crippen LogP contribution in [-0.4, -0.2) is 338 Å². The number of nitrogens with one attached hydrogen (secondary N) is 10. The highest BCUT2D eigenvalue weighted by Gasteiger charge is 2.47. The lowest BCUT2D eigenvalue weighted by Crippen LogP contribution is -2.61. The van der Waals surface area contributed by atoms with Crippen molar-refractivity contribution in [1.82, 2.24) is 81.9 Å². The summed E-state index contributed by atoms with van der Waals surface area (Å²) >= 11 is 0.687. The number of unbranched alkanes of at least 4 members (excludes halogenated alkanes) is 2. The third-order valence-electron chi connectivity index (χ3n) is 24.7. The van der Waals surface area contributed by atoms with Gasteiger partial charge in [0.15, 0.2) is 5.78 Å². The summed E-state index contributed by atoms with van der Waals surface area (Å²) in [7, 11) is 2.48. The van der Waals surface area contributed by atoms with Gasteiger partial charge in [-0.3, -0.25) is 95.9 Å². The van der Waals surface area contributed by atoms with Gasteiger partial charge in [-0.15, -0.1) is 11.8 Å². The number of carbonyl (C=O) groups is 20. The maximum atomic E-state index is 15.8. The fraction of sp³-hybridized carbons (Fsp3) is 0.538. The summed E-state index contributed by atoms with van der Waals surface area (Å²) in [5, 5.41) is 96.7. The van der Waals surface area contributed by atoms with Gasteiger partial charge in [0.05, 0.1) is 37.5 Å². The molecular weight excluding hydrogens is 1810 g/mol. The van der Waals surface area contributed by atoms with Crippen LogP contribution >= 0.6 is 11.8 Å². The highest BCUT2D eigenvalue weighted by atomic mass is 32.2. The number of aliphatic hydroxyl groups is 2. The predicted octanol–water partition coefficient (Wildman–Crippen LogP) is -2.73. The quantitative estimate of drug-likeness (QED) is 0.0254. The Morgan fingerprint density at radius 2 is 1.08 bits per heavy atom. The van der Waals surface area contributed by atoms with Crippen molar-refractivity contribution in [1.29, 1.82) is 0 Å². The Hall–Kier alpha value is -13.6. The second-order valence-electron chi connectivity index (χ2n) is 34.7. The number of likely N-dealkylation sites (N-methyl/N-ethyl adjacent to an activating group) is 2. The number of fused-ring (bicyclic) bond motifs is 5. The van der Waals surface area contributed by atoms with E-state index in [4.69, 9.17) is 11.5 Å². The number of nitrogens with zero attached hydrogens (tertiary/aromatic N) is 6. The summed E-state index contributed by atoms with van der Waals surface area (Å²) in [6.45, 7) is -0.732. The monoisotopic (exact) mass is 1930 g/mol. The van der Waals surface area contributed by atoms with E-state index in [1.165, 1.54) is 49.1 Å². The van der Waals surface area contributed by atoms with E-state index in [1.807, 2.05) is 0 Å². The lowest BCUT2D eigenvalue weighted by atomic mass is 9.90. The maximum absolute atomic E-state index is 15.8. The molecule has 0 bridgehead atoms. The number of phenolic OH excluding ortho intramolecular Hbond substituents is 1. The maximum Gasteiger partial charge on any atom is 0.323 e. The molecule has 0 spiro atoms. The van der Waals surface area contributed by atoms with E-state index in [0.29, 0.717) is 64.0 Å². The number of aliphatic carboxylic acids is 4. The summed E-state index contributed by atoms with van der Waals surface area (Å²) < 4.78 is 1.37. The number of H-pyrrole nitrogens is 1. The summed E-state index contributed by atoms with van der Waals surface area (Å²) in [6.07, 6.45) is -3.41. The van der Waals surface area contributed by atoms with Gasteiger partial charge in [0.1, 0.15) is 84.8 Å². The topological polar surface area (TPSA) is 680 Å². The Bertz CT molecular complexity index is 5260. The van der Waals surface area contributed by atoms with Gasteiger partial charge in [0.2, 0.25) is 88.6 Å². The first-order chi connectivity index (χ1) is 65.2. The standard InChI is InChI=1S/C91H122N18O27S/c1-5-7-19-67-84(129)97-58(28-30-75(116)117)81(126)103-65(80(125)95-42-73(93)114)47-137-48-74(115)96-60(34-49-24-26-53(111)27-25-49)89(134)107-32-14-13-22-68(107)85(130)100-62(39-77(120)121)90(135)108-33-15-23-69(108)86(131)101-63(40-92)82(127)98-59(29-31-76(118)119)88(133)109-44-54(112)38-71(109)72(113)37-50(35-51-41-94-57-18-11-9-16-55(51)57)79(124)102-64(46-110)83(128)99-61(87(132)105(4)70(20-8-6-2)91(136)104(67)3)36-52-43-106(45-78(122)123)66-21-12-10-17-56(52)66/h9-12,16-18,21,24-27,41,43,50,54,58-65,67-71,94,110-112H,5-8,13-15,19-20,22-23,28-40,42,44-48,92H2,1-4H3,(H2,93,114)(H,95,125)(H,96,115)(H,97,129)(H,98,127)(H,99,128)(H,100,130)(H,101,131)(H,102,124)(H,103,126)(H,116,117)(H,118,119)(H,120,121)(H,122,123)/t50-,54-,58+,59+,60+,61+,62+,63+,64+,65+,67+,68+,69+,70+,71+/m1/s1. The van der Waals surface area contributed by atoms with Crippen LogP contribution in [0.3, 0.4) is 0 Å². The van der Waals surface area contributed by atoms with Gasteiger partial charge < -0.3 is 129 Å². The molecule has 15 amide bonds. The largest absolute Gasteiger partial charge is 0.508 e. The van der Waals surface area contributed by atoms with Crippen LogP contribution in [0.25, 0.3) is 21.8 Å². The predicted molar refractivity (Wildman–Crippen MR) is 490 cm³/mol. The Morgan fingerprint density at radius 1 is 0.526 bits per heavy atom. The lowest BCUT2D eigenvalue weighted by molar-refractivity contribution is -0.149. The molecule has 15 atom stereocenters. The van der Waals surface area contributed by atoms with Crippen molar-refractivity contribution in [3.8, 4) is 5.75 Å². The van der Waals surface area contributed by atoms with Crippen LogP contribution in [0.2, 0.25) is 0 Å². The van der Waals surface area contributed by atoms with Crippen LogP contribution in [0.5, 0.6) is 5.75 Å². The number of hydrogen-bond donors (Lipinski definition) is 19. The van der Waals surface area contributed by atoms with Crippen LogP contribution in [-0.2, 0) is 122 Å². The first kappa shape index (κ1) is 107. The molecule has 4 saturated heterocycles. The zero-order valence-corrected chi connectivity index (χ0v) is 77.3. The smallest absolute Gasteiger partial charge is 0.323 e. The van der Waals surface area contributed by atoms with Crippen LogP contribution in [0.1, 0.15) is 146 Å². The van der Waals surface area contributed by atoms with E-state index in [0.717, 1.165) is 24.5 Å². The third-order valence-corrected chi connectivity index (χ3v) is 25.8. The number of benzene rings is 3. The molecule has 45 nitrogen and oxygen atoms in total. The molecule has 0 radical (unpaired) electrons. The minimum atomic E-state index is -2.00. The highest BCUT2D eigenvalue weighted by Crippen LogP contribution is 2.31. The fourth-order valence-electron chi connectivity index (χ4n) is 17.5. The van der Waals surface area contributed by atoms with Crippen molar-refractivity contribution >= 4 is 152 Å². The van der Waals surface area contributed by atoms with Gasteiger partial charge in [-0.05, 0) is 105 Å². The normalized spacial score (nSPS) is 25.0. The SMILES string of the molecule is CCCC[C@H]1C(=O)N(C)[C@@H](CCCC)C(=O)N[C@@H](CCC(=O)O)C(=O)N[C@H](C(=O)NCC(N)=O)CSCC(=O)N[C@@H](Cc2ccc(O)cc2)C(=O)N2CCCC[C@H]2C(=O)N[C@@H](CC(=O)O)C(=O)N2CCC[C@H]2C(=O)N[C@@H](CN)C(=O)N[C@@H](CCC(=O)O)C(=O)N2C[C@H](O)C[C@H]2C(=O)C[C@@H](Cc2c[nH]c3ccccc23)C(=O)N[C@@H](CO)C(=O)N[C@@H](Cc2cn(CC(=O)O)c3ccccc23)C(=O)N1C. The van der Waals surface area contributed by atoms with Crippen molar-refractivity contribution in [2.45, 2.75) is 240 Å². The Morgan fingerprint density at radius 3 is 1.72 bits per heavy atom. The first-order valence-corrected chi connectivity index (χ1v) is 46.7. The van der Waals surface area contributed by atoms with E-state index >= 15 is 38.4 Å². The van der Waals surface area contributed by atoms with Gasteiger partial charge in [-0.2, -0.15) is 0 Å².